The number of pyridine rings is 1. The first-order chi connectivity index (χ1) is 10.3. The second kappa shape index (κ2) is 11.7. The smallest absolute Gasteiger partial charge is 0.0332 e. The first-order valence-electron chi connectivity index (χ1n) is 8.86. The van der Waals surface area contributed by atoms with Crippen molar-refractivity contribution in [2.24, 2.45) is 0 Å². The molecule has 21 heavy (non-hydrogen) atoms. The van der Waals surface area contributed by atoms with Crippen LogP contribution in [0.2, 0.25) is 0 Å². The van der Waals surface area contributed by atoms with E-state index in [0.717, 1.165) is 0 Å². The zero-order valence-corrected chi connectivity index (χ0v) is 14.3. The van der Waals surface area contributed by atoms with E-state index < -0.39 is 0 Å². The molecule has 1 N–H and O–H groups in total. The van der Waals surface area contributed by atoms with E-state index in [2.05, 4.69) is 37.3 Å². The summed E-state index contributed by atoms with van der Waals surface area (Å²) in [6.45, 7) is 4.39. The Bertz CT molecular complexity index is 362. The van der Waals surface area contributed by atoms with Gasteiger partial charge in [0, 0.05) is 18.4 Å². The van der Waals surface area contributed by atoms with Crippen molar-refractivity contribution in [2.45, 2.75) is 84.1 Å². The molecule has 0 spiro atoms. The molecule has 120 valence electrons. The van der Waals surface area contributed by atoms with Gasteiger partial charge >= 0.3 is 0 Å². The minimum absolute atomic E-state index is 0.460. The number of nitrogens with one attached hydrogen (secondary N) is 1. The van der Waals surface area contributed by atoms with E-state index in [1.54, 1.807) is 0 Å². The highest BCUT2D eigenvalue weighted by Gasteiger charge is 2.09. The minimum Gasteiger partial charge on any atom is -0.313 e. The molecule has 0 bridgehead atoms. The van der Waals surface area contributed by atoms with Crippen molar-refractivity contribution in [3.05, 3.63) is 29.6 Å². The van der Waals surface area contributed by atoms with Crippen LogP contribution in [0.1, 0.15) is 88.3 Å². The van der Waals surface area contributed by atoms with E-state index in [9.17, 15) is 0 Å². The molecule has 0 saturated heterocycles. The van der Waals surface area contributed by atoms with Crippen LogP contribution in [0.5, 0.6) is 0 Å². The Kier molecular flexibility index (Phi) is 10.1. The summed E-state index contributed by atoms with van der Waals surface area (Å²) in [4.78, 5) is 4.31. The van der Waals surface area contributed by atoms with E-state index in [1.807, 2.05) is 12.4 Å². The molecule has 0 aromatic carbocycles. The van der Waals surface area contributed by atoms with E-state index >= 15 is 0 Å². The number of unbranched alkanes of at least 4 members (excludes halogenated alkanes) is 8. The first-order valence-corrected chi connectivity index (χ1v) is 8.86. The van der Waals surface area contributed by atoms with Crippen LogP contribution in [0.25, 0.3) is 0 Å². The van der Waals surface area contributed by atoms with Gasteiger partial charge < -0.3 is 5.32 Å². The Balaban J connectivity index is 2.10. The van der Waals surface area contributed by atoms with Crippen LogP contribution in [-0.2, 0) is 0 Å². The Morgan fingerprint density at radius 3 is 2.14 bits per heavy atom. The second-order valence-corrected chi connectivity index (χ2v) is 6.25. The fraction of sp³-hybridized carbons (Fsp3) is 0.737. The predicted molar refractivity (Wildman–Crippen MR) is 92.6 cm³/mol. The summed E-state index contributed by atoms with van der Waals surface area (Å²) in [7, 11) is 2.06. The van der Waals surface area contributed by atoms with Gasteiger partial charge in [0.2, 0.25) is 0 Å². The molecule has 1 rings (SSSR count). The van der Waals surface area contributed by atoms with Crippen LogP contribution < -0.4 is 5.32 Å². The van der Waals surface area contributed by atoms with Crippen LogP contribution >= 0.6 is 0 Å². The summed E-state index contributed by atoms with van der Waals surface area (Å²) in [5, 5.41) is 3.43. The number of rotatable bonds is 12. The maximum absolute atomic E-state index is 4.31. The molecule has 1 heterocycles. The van der Waals surface area contributed by atoms with Gasteiger partial charge in [-0.2, -0.15) is 0 Å². The van der Waals surface area contributed by atoms with Gasteiger partial charge in [-0.15, -0.1) is 0 Å². The van der Waals surface area contributed by atoms with Gasteiger partial charge in [0.1, 0.15) is 0 Å². The van der Waals surface area contributed by atoms with Crippen LogP contribution in [-0.4, -0.2) is 12.0 Å². The summed E-state index contributed by atoms with van der Waals surface area (Å²) < 4.78 is 0. The van der Waals surface area contributed by atoms with Gasteiger partial charge in [-0.3, -0.25) is 4.98 Å². The zero-order chi connectivity index (χ0) is 15.3. The van der Waals surface area contributed by atoms with Crippen molar-refractivity contribution in [3.8, 4) is 0 Å². The normalized spacial score (nSPS) is 12.5. The molecular weight excluding hydrogens is 256 g/mol. The number of aryl methyl sites for hydroxylation is 1. The highest BCUT2D eigenvalue weighted by atomic mass is 14.9. The summed E-state index contributed by atoms with van der Waals surface area (Å²) >= 11 is 0. The molecule has 0 fully saturated rings. The third kappa shape index (κ3) is 8.21. The monoisotopic (exact) mass is 290 g/mol. The number of hydrogen-bond acceptors (Lipinski definition) is 2. The largest absolute Gasteiger partial charge is 0.313 e. The summed E-state index contributed by atoms with van der Waals surface area (Å²) in [5.41, 5.74) is 2.58. The Labute approximate surface area is 131 Å². The van der Waals surface area contributed by atoms with E-state index in [1.165, 1.54) is 75.3 Å². The lowest BCUT2D eigenvalue weighted by Gasteiger charge is -2.16. The molecule has 1 aromatic rings. The van der Waals surface area contributed by atoms with Crippen LogP contribution in [0, 0.1) is 6.92 Å². The average Bonchev–Trinajstić information content (AvgIpc) is 2.49. The molecule has 0 radical (unpaired) electrons. The van der Waals surface area contributed by atoms with Gasteiger partial charge in [0.05, 0.1) is 0 Å². The predicted octanol–water partition coefficient (Wildman–Crippen LogP) is 5.57. The fourth-order valence-corrected chi connectivity index (χ4v) is 2.91. The first kappa shape index (κ1) is 18.2. The van der Waals surface area contributed by atoms with Crippen molar-refractivity contribution in [1.29, 1.82) is 0 Å². The third-order valence-corrected chi connectivity index (χ3v) is 4.24. The lowest BCUT2D eigenvalue weighted by atomic mass is 10.00. The molecule has 0 aliphatic rings. The summed E-state index contributed by atoms with van der Waals surface area (Å²) in [6, 6.07) is 2.71. The second-order valence-electron chi connectivity index (χ2n) is 6.25. The summed E-state index contributed by atoms with van der Waals surface area (Å²) in [5.74, 6) is 0. The van der Waals surface area contributed by atoms with E-state index in [4.69, 9.17) is 0 Å². The number of aromatic nitrogens is 1. The fourth-order valence-electron chi connectivity index (χ4n) is 2.91. The van der Waals surface area contributed by atoms with Gasteiger partial charge in [0.25, 0.3) is 0 Å². The molecule has 1 atom stereocenters. The Morgan fingerprint density at radius 1 is 0.952 bits per heavy atom. The van der Waals surface area contributed by atoms with Crippen molar-refractivity contribution in [1.82, 2.24) is 10.3 Å². The number of hydrogen-bond donors (Lipinski definition) is 1. The van der Waals surface area contributed by atoms with Gasteiger partial charge in [0.15, 0.2) is 0 Å². The van der Waals surface area contributed by atoms with Crippen molar-refractivity contribution >= 4 is 0 Å². The molecule has 0 saturated carbocycles. The van der Waals surface area contributed by atoms with Gasteiger partial charge in [-0.1, -0.05) is 70.8 Å². The van der Waals surface area contributed by atoms with Crippen LogP contribution in [0.4, 0.5) is 0 Å². The quantitative estimate of drug-likeness (QED) is 0.509. The van der Waals surface area contributed by atoms with Crippen molar-refractivity contribution in [2.75, 3.05) is 7.05 Å². The molecule has 0 aliphatic carbocycles. The zero-order valence-electron chi connectivity index (χ0n) is 14.3. The van der Waals surface area contributed by atoms with Crippen molar-refractivity contribution in [3.63, 3.8) is 0 Å². The lowest BCUT2D eigenvalue weighted by Crippen LogP contribution is -2.16. The molecule has 0 amide bonds. The molecule has 0 aliphatic heterocycles. The third-order valence-electron chi connectivity index (χ3n) is 4.24. The highest BCUT2D eigenvalue weighted by Crippen LogP contribution is 2.20. The van der Waals surface area contributed by atoms with Crippen LogP contribution in [0.3, 0.4) is 0 Å². The van der Waals surface area contributed by atoms with E-state index in [0.29, 0.717) is 6.04 Å². The molecule has 1 aromatic heterocycles. The average molecular weight is 290 g/mol. The summed E-state index contributed by atoms with van der Waals surface area (Å²) in [6.07, 6.45) is 17.7. The maximum Gasteiger partial charge on any atom is 0.0332 e. The standard InChI is InChI=1S/C19H34N2/c1-4-5-6-7-8-9-10-11-12-13-19(20-3)18-14-17(2)15-21-16-18/h14-16,19-20H,4-13H2,1-3H3. The molecule has 2 nitrogen and oxygen atoms in total. The Hall–Kier alpha value is -0.890. The van der Waals surface area contributed by atoms with E-state index in [-0.39, 0.29) is 0 Å². The van der Waals surface area contributed by atoms with Crippen LogP contribution in [0.15, 0.2) is 18.5 Å². The highest BCUT2D eigenvalue weighted by molar-refractivity contribution is 5.19. The topological polar surface area (TPSA) is 24.9 Å². The minimum atomic E-state index is 0.460. The molecule has 1 unspecified atom stereocenters. The SMILES string of the molecule is CCCCCCCCCCCC(NC)c1cncc(C)c1. The van der Waals surface area contributed by atoms with Gasteiger partial charge in [-0.25, -0.2) is 0 Å². The maximum atomic E-state index is 4.31. The molecular formula is C19H34N2. The number of nitrogens with zero attached hydrogens (tertiary/aromatic N) is 1. The lowest BCUT2D eigenvalue weighted by molar-refractivity contribution is 0.492. The Morgan fingerprint density at radius 2 is 1.57 bits per heavy atom. The van der Waals surface area contributed by atoms with Gasteiger partial charge in [-0.05, 0) is 31.5 Å². The molecule has 2 heteroatoms. The van der Waals surface area contributed by atoms with Crippen molar-refractivity contribution < 1.29 is 0 Å².